The maximum atomic E-state index is 6.37. The van der Waals surface area contributed by atoms with Gasteiger partial charge in [0.05, 0.1) is 6.61 Å². The van der Waals surface area contributed by atoms with Crippen molar-refractivity contribution in [2.75, 3.05) is 12.3 Å². The maximum Gasteiger partial charge on any atom is 0.144 e. The average molecular weight is 423 g/mol. The summed E-state index contributed by atoms with van der Waals surface area (Å²) in [6.07, 6.45) is 5.61. The van der Waals surface area contributed by atoms with Gasteiger partial charge in [-0.2, -0.15) is 0 Å². The number of rotatable bonds is 13. The molecule has 3 nitrogen and oxygen atoms in total. The fourth-order valence-electron chi connectivity index (χ4n) is 4.35. The third kappa shape index (κ3) is 7.41. The van der Waals surface area contributed by atoms with Crippen LogP contribution in [0.1, 0.15) is 65.9 Å². The molecule has 0 fully saturated rings. The van der Waals surface area contributed by atoms with Crippen molar-refractivity contribution in [2.24, 2.45) is 28.2 Å². The van der Waals surface area contributed by atoms with E-state index in [1.165, 1.54) is 24.8 Å². The lowest BCUT2D eigenvalue weighted by atomic mass is 9.69. The van der Waals surface area contributed by atoms with E-state index < -0.39 is 0 Å². The second-order valence-electron chi connectivity index (χ2n) is 9.71. The molecule has 0 aliphatic rings. The highest BCUT2D eigenvalue weighted by molar-refractivity contribution is 5.55. The van der Waals surface area contributed by atoms with Crippen molar-refractivity contribution >= 4 is 18.1 Å². The van der Waals surface area contributed by atoms with E-state index in [2.05, 4.69) is 58.5 Å². The molecule has 0 saturated heterocycles. The minimum absolute atomic E-state index is 0.318. The first kappa shape index (κ1) is 25.0. The van der Waals surface area contributed by atoms with E-state index in [1.807, 2.05) is 36.4 Å². The van der Waals surface area contributed by atoms with E-state index in [1.54, 1.807) is 0 Å². The van der Waals surface area contributed by atoms with Crippen LogP contribution in [0.25, 0.3) is 0 Å². The number of aryl methyl sites for hydroxylation is 1. The van der Waals surface area contributed by atoms with Crippen LogP contribution in [-0.2, 0) is 6.42 Å². The van der Waals surface area contributed by atoms with Gasteiger partial charge in [-0.3, -0.25) is 4.99 Å². The van der Waals surface area contributed by atoms with Gasteiger partial charge in [0.15, 0.2) is 0 Å². The van der Waals surface area contributed by atoms with Gasteiger partial charge in [0.1, 0.15) is 11.4 Å². The second-order valence-corrected chi connectivity index (χ2v) is 9.71. The number of para-hydroxylation sites is 3. The molecule has 170 valence electrons. The zero-order valence-electron chi connectivity index (χ0n) is 20.2. The van der Waals surface area contributed by atoms with Crippen molar-refractivity contribution in [3.8, 4) is 5.75 Å². The highest BCUT2D eigenvalue weighted by Crippen LogP contribution is 2.40. The molecule has 0 aliphatic carbocycles. The Morgan fingerprint density at radius 2 is 1.74 bits per heavy atom. The molecule has 0 heterocycles. The first-order chi connectivity index (χ1) is 14.8. The Labute approximate surface area is 190 Å². The number of nitrogens with two attached hydrogens (primary N) is 1. The summed E-state index contributed by atoms with van der Waals surface area (Å²) in [5, 5.41) is 0. The predicted molar refractivity (Wildman–Crippen MR) is 135 cm³/mol. The Balaban J connectivity index is 2.26. The lowest BCUT2D eigenvalue weighted by Crippen LogP contribution is -2.31. The number of ether oxygens (including phenoxy) is 1. The normalized spacial score (nSPS) is 14.6. The van der Waals surface area contributed by atoms with Gasteiger partial charge in [-0.1, -0.05) is 77.8 Å². The van der Waals surface area contributed by atoms with E-state index in [9.17, 15) is 0 Å². The van der Waals surface area contributed by atoms with Crippen LogP contribution in [0.4, 0.5) is 11.4 Å². The fourth-order valence-corrected chi connectivity index (χ4v) is 4.35. The lowest BCUT2D eigenvalue weighted by molar-refractivity contribution is 0.0991. The zero-order chi connectivity index (χ0) is 22.9. The molecule has 3 atom stereocenters. The molecule has 2 aromatic rings. The van der Waals surface area contributed by atoms with Crippen molar-refractivity contribution in [3.63, 3.8) is 0 Å². The van der Waals surface area contributed by atoms with Crippen LogP contribution in [0, 0.1) is 23.2 Å². The topological polar surface area (TPSA) is 47.6 Å². The first-order valence-corrected chi connectivity index (χ1v) is 11.8. The molecule has 0 aromatic heterocycles. The predicted octanol–water partition coefficient (Wildman–Crippen LogP) is 7.72. The van der Waals surface area contributed by atoms with Crippen LogP contribution in [0.15, 0.2) is 53.5 Å². The minimum atomic E-state index is 0.318. The molecule has 2 aromatic carbocycles. The van der Waals surface area contributed by atoms with E-state index in [-0.39, 0.29) is 0 Å². The summed E-state index contributed by atoms with van der Waals surface area (Å²) >= 11 is 0. The molecule has 0 spiro atoms. The van der Waals surface area contributed by atoms with E-state index >= 15 is 0 Å². The van der Waals surface area contributed by atoms with Crippen LogP contribution >= 0.6 is 0 Å². The molecule has 0 radical (unpaired) electrons. The largest absolute Gasteiger partial charge is 0.491 e. The average Bonchev–Trinajstić information content (AvgIpc) is 2.78. The summed E-state index contributed by atoms with van der Waals surface area (Å²) in [6, 6.07) is 16.1. The number of nitrogens with zero attached hydrogens (tertiary/aromatic N) is 1. The van der Waals surface area contributed by atoms with Gasteiger partial charge in [0.25, 0.3) is 0 Å². The molecule has 0 aliphatic heterocycles. The number of benzene rings is 2. The molecular formula is C28H42N2O. The maximum absolute atomic E-state index is 6.37. The van der Waals surface area contributed by atoms with E-state index in [0.717, 1.165) is 30.0 Å². The summed E-state index contributed by atoms with van der Waals surface area (Å²) in [4.78, 5) is 4.13. The molecule has 0 bridgehead atoms. The number of hydrogen-bond acceptors (Lipinski definition) is 3. The second kappa shape index (κ2) is 11.9. The highest BCUT2D eigenvalue weighted by atomic mass is 16.5. The molecule has 3 unspecified atom stereocenters. The smallest absolute Gasteiger partial charge is 0.144 e. The van der Waals surface area contributed by atoms with Crippen LogP contribution in [0.5, 0.6) is 5.75 Å². The van der Waals surface area contributed by atoms with Crippen molar-refractivity contribution in [1.82, 2.24) is 0 Å². The highest BCUT2D eigenvalue weighted by Gasteiger charge is 2.32. The number of hydrogen-bond donors (Lipinski definition) is 1. The van der Waals surface area contributed by atoms with Crippen LogP contribution in [0.3, 0.4) is 0 Å². The summed E-state index contributed by atoms with van der Waals surface area (Å²) in [5.74, 6) is 2.49. The summed E-state index contributed by atoms with van der Waals surface area (Å²) in [5.41, 5.74) is 9.49. The Kier molecular flexibility index (Phi) is 9.61. The lowest BCUT2D eigenvalue weighted by Gasteiger charge is -2.37. The Hall–Kier alpha value is -2.29. The van der Waals surface area contributed by atoms with Gasteiger partial charge in [0, 0.05) is 5.69 Å². The molecule has 3 heteroatoms. The molecule has 31 heavy (non-hydrogen) atoms. The van der Waals surface area contributed by atoms with Crippen molar-refractivity contribution in [1.29, 1.82) is 0 Å². The van der Waals surface area contributed by atoms with Crippen LogP contribution < -0.4 is 10.5 Å². The van der Waals surface area contributed by atoms with Gasteiger partial charge in [-0.15, -0.1) is 0 Å². The number of aliphatic imine (C=N–C) groups is 1. The van der Waals surface area contributed by atoms with Crippen molar-refractivity contribution in [3.05, 3.63) is 54.1 Å². The zero-order valence-corrected chi connectivity index (χ0v) is 20.2. The van der Waals surface area contributed by atoms with Gasteiger partial charge in [-0.25, -0.2) is 0 Å². The van der Waals surface area contributed by atoms with E-state index in [4.69, 9.17) is 10.5 Å². The molecule has 2 N–H and O–H groups in total. The van der Waals surface area contributed by atoms with Gasteiger partial charge in [0.2, 0.25) is 0 Å². The molecule has 2 rings (SSSR count). The van der Waals surface area contributed by atoms with Crippen LogP contribution in [0.2, 0.25) is 0 Å². The third-order valence-corrected chi connectivity index (χ3v) is 7.05. The summed E-state index contributed by atoms with van der Waals surface area (Å²) in [6.45, 7) is 16.2. The Morgan fingerprint density at radius 3 is 2.39 bits per heavy atom. The molecular weight excluding hydrogens is 380 g/mol. The third-order valence-electron chi connectivity index (χ3n) is 7.05. The first-order valence-electron chi connectivity index (χ1n) is 11.8. The minimum Gasteiger partial charge on any atom is -0.491 e. The monoisotopic (exact) mass is 422 g/mol. The standard InChI is InChI=1S/C28H42N2O/c1-7-21(3)24(19-28(4,5)8-2)23(18-17-22-13-9-10-14-25(22)29)20-31-27-16-12-11-15-26(27)30-6/h9-16,21,23-24H,6-8,17-20,29H2,1-5H3. The van der Waals surface area contributed by atoms with Crippen molar-refractivity contribution < 1.29 is 4.74 Å². The fraction of sp³-hybridized carbons (Fsp3) is 0.536. The molecule has 0 amide bonds. The van der Waals surface area contributed by atoms with Gasteiger partial charge < -0.3 is 10.5 Å². The number of nitrogen functional groups attached to an aromatic ring is 1. The van der Waals surface area contributed by atoms with Gasteiger partial charge in [-0.05, 0) is 72.9 Å². The number of anilines is 1. The Morgan fingerprint density at radius 1 is 1.06 bits per heavy atom. The van der Waals surface area contributed by atoms with Crippen LogP contribution in [-0.4, -0.2) is 13.3 Å². The molecule has 0 saturated carbocycles. The Bertz CT molecular complexity index is 814. The summed E-state index contributed by atoms with van der Waals surface area (Å²) in [7, 11) is 0. The quantitative estimate of drug-likeness (QED) is 0.265. The van der Waals surface area contributed by atoms with E-state index in [0.29, 0.717) is 29.8 Å². The summed E-state index contributed by atoms with van der Waals surface area (Å²) < 4.78 is 6.37. The van der Waals surface area contributed by atoms with Crippen molar-refractivity contribution in [2.45, 2.75) is 66.7 Å². The SMILES string of the molecule is C=Nc1ccccc1OCC(CCc1ccccc1N)C(CC(C)(C)CC)C(C)CC. The van der Waals surface area contributed by atoms with Gasteiger partial charge >= 0.3 is 0 Å².